The van der Waals surface area contributed by atoms with Gasteiger partial charge in [0.2, 0.25) is 0 Å². The molecule has 1 aromatic rings. The van der Waals surface area contributed by atoms with Crippen molar-refractivity contribution in [2.75, 3.05) is 11.9 Å². The molecule has 2 rings (SSSR count). The smallest absolute Gasteiger partial charge is 0.319 e. The summed E-state index contributed by atoms with van der Waals surface area (Å²) in [4.78, 5) is 24.2. The molecule has 0 aromatic heterocycles. The Kier molecular flexibility index (Phi) is 5.72. The predicted octanol–water partition coefficient (Wildman–Crippen LogP) is 2.73. The topological polar surface area (TPSA) is 96.2 Å². The molecule has 1 unspecified atom stereocenters. The number of urea groups is 1. The highest BCUT2D eigenvalue weighted by Crippen LogP contribution is 2.31. The Morgan fingerprint density at radius 1 is 1.33 bits per heavy atom. The average Bonchev–Trinajstić information content (AvgIpc) is 3.29. The summed E-state index contributed by atoms with van der Waals surface area (Å²) < 4.78 is 0. The van der Waals surface area contributed by atoms with Gasteiger partial charge in [-0.3, -0.25) is 4.79 Å². The molecule has 0 radical (unpaired) electrons. The molecule has 0 aliphatic heterocycles. The van der Waals surface area contributed by atoms with E-state index in [1.54, 1.807) is 18.2 Å². The summed E-state index contributed by atoms with van der Waals surface area (Å²) in [6, 6.07) is 4.43. The minimum absolute atomic E-state index is 0.0217. The summed E-state index contributed by atoms with van der Waals surface area (Å²) in [5, 5.41) is 8.62. The second kappa shape index (κ2) is 7.40. The van der Waals surface area contributed by atoms with E-state index in [2.05, 4.69) is 16.0 Å². The second-order valence-corrected chi connectivity index (χ2v) is 7.64. The number of rotatable bonds is 5. The highest BCUT2D eigenvalue weighted by molar-refractivity contribution is 6.34. The molecule has 24 heavy (non-hydrogen) atoms. The minimum Gasteiger partial charge on any atom is -0.350 e. The number of amides is 3. The lowest BCUT2D eigenvalue weighted by molar-refractivity contribution is 0.0950. The first kappa shape index (κ1) is 18.5. The second-order valence-electron chi connectivity index (χ2n) is 7.24. The third kappa shape index (κ3) is 5.69. The number of hydrogen-bond donors (Lipinski definition) is 4. The molecule has 1 aliphatic carbocycles. The van der Waals surface area contributed by atoms with Crippen molar-refractivity contribution in [1.82, 2.24) is 10.6 Å². The quantitative estimate of drug-likeness (QED) is 0.656. The maximum absolute atomic E-state index is 12.3. The Bertz CT molecular complexity index is 624. The van der Waals surface area contributed by atoms with Crippen LogP contribution in [-0.2, 0) is 0 Å². The van der Waals surface area contributed by atoms with Gasteiger partial charge in [-0.15, -0.1) is 0 Å². The zero-order valence-corrected chi connectivity index (χ0v) is 15.0. The Hall–Kier alpha value is -1.79. The standard InChI is InChI=1S/C17H25ClN4O2/c1-17(2,3)22-16(24)21-11-6-7-13(18)12(8-11)15(23)20-9-14(19)10-4-5-10/h6-8,10,14H,4-5,9,19H2,1-3H3,(H,20,23)(H2,21,22,24). The van der Waals surface area contributed by atoms with Gasteiger partial charge in [-0.2, -0.15) is 0 Å². The minimum atomic E-state index is -0.352. The summed E-state index contributed by atoms with van der Waals surface area (Å²) in [5.41, 5.74) is 6.44. The van der Waals surface area contributed by atoms with E-state index >= 15 is 0 Å². The molecule has 7 heteroatoms. The first-order valence-electron chi connectivity index (χ1n) is 8.08. The molecule has 3 amide bonds. The molecule has 0 heterocycles. The van der Waals surface area contributed by atoms with Gasteiger partial charge in [0.05, 0.1) is 10.6 Å². The van der Waals surface area contributed by atoms with Crippen LogP contribution in [0.15, 0.2) is 18.2 Å². The zero-order valence-electron chi connectivity index (χ0n) is 14.3. The van der Waals surface area contributed by atoms with Gasteiger partial charge >= 0.3 is 6.03 Å². The molecular formula is C17H25ClN4O2. The third-order valence-electron chi connectivity index (χ3n) is 3.68. The van der Waals surface area contributed by atoms with E-state index in [1.165, 1.54) is 0 Å². The van der Waals surface area contributed by atoms with Crippen molar-refractivity contribution in [2.24, 2.45) is 11.7 Å². The van der Waals surface area contributed by atoms with E-state index in [1.807, 2.05) is 20.8 Å². The van der Waals surface area contributed by atoms with Crippen LogP contribution in [0.3, 0.4) is 0 Å². The number of nitrogens with two attached hydrogens (primary N) is 1. The SMILES string of the molecule is CC(C)(C)NC(=O)Nc1ccc(Cl)c(C(=O)NCC(N)C2CC2)c1. The van der Waals surface area contributed by atoms with Gasteiger partial charge < -0.3 is 21.7 Å². The Labute approximate surface area is 147 Å². The lowest BCUT2D eigenvalue weighted by atomic mass is 10.1. The Balaban J connectivity index is 1.99. The van der Waals surface area contributed by atoms with Crippen LogP contribution in [0.25, 0.3) is 0 Å². The van der Waals surface area contributed by atoms with Crippen LogP contribution in [0.5, 0.6) is 0 Å². The molecule has 1 atom stereocenters. The lowest BCUT2D eigenvalue weighted by Gasteiger charge is -2.21. The molecule has 132 valence electrons. The number of halogens is 1. The van der Waals surface area contributed by atoms with Gasteiger partial charge in [0.1, 0.15) is 0 Å². The molecule has 1 aromatic carbocycles. The summed E-state index contributed by atoms with van der Waals surface area (Å²) in [6.45, 7) is 6.07. The normalized spacial score (nSPS) is 15.5. The lowest BCUT2D eigenvalue weighted by Crippen LogP contribution is -2.43. The van der Waals surface area contributed by atoms with Gasteiger partial charge in [-0.25, -0.2) is 4.79 Å². The third-order valence-corrected chi connectivity index (χ3v) is 4.01. The van der Waals surface area contributed by atoms with Gasteiger partial charge in [-0.05, 0) is 57.7 Å². The Morgan fingerprint density at radius 2 is 2.00 bits per heavy atom. The summed E-state index contributed by atoms with van der Waals surface area (Å²) in [6.07, 6.45) is 2.25. The number of nitrogens with one attached hydrogen (secondary N) is 3. The number of benzene rings is 1. The first-order chi connectivity index (χ1) is 11.2. The van der Waals surface area contributed by atoms with Crippen molar-refractivity contribution >= 4 is 29.2 Å². The zero-order chi connectivity index (χ0) is 17.9. The maximum atomic E-state index is 12.3. The van der Waals surface area contributed by atoms with Gasteiger partial charge in [0.25, 0.3) is 5.91 Å². The largest absolute Gasteiger partial charge is 0.350 e. The van der Waals surface area contributed by atoms with Crippen molar-refractivity contribution in [3.63, 3.8) is 0 Å². The maximum Gasteiger partial charge on any atom is 0.319 e. The van der Waals surface area contributed by atoms with Gasteiger partial charge in [-0.1, -0.05) is 11.6 Å². The molecule has 5 N–H and O–H groups in total. The fourth-order valence-corrected chi connectivity index (χ4v) is 2.48. The van der Waals surface area contributed by atoms with Crippen molar-refractivity contribution in [3.05, 3.63) is 28.8 Å². The van der Waals surface area contributed by atoms with Crippen LogP contribution in [0.2, 0.25) is 5.02 Å². The fraction of sp³-hybridized carbons (Fsp3) is 0.529. The molecule has 1 saturated carbocycles. The van der Waals surface area contributed by atoms with Crippen LogP contribution in [-0.4, -0.2) is 30.1 Å². The van der Waals surface area contributed by atoms with E-state index in [9.17, 15) is 9.59 Å². The van der Waals surface area contributed by atoms with Crippen LogP contribution >= 0.6 is 11.6 Å². The molecule has 0 saturated heterocycles. The summed E-state index contributed by atoms with van der Waals surface area (Å²) in [5.74, 6) is 0.214. The monoisotopic (exact) mass is 352 g/mol. The summed E-state index contributed by atoms with van der Waals surface area (Å²) in [7, 11) is 0. The van der Waals surface area contributed by atoms with E-state index < -0.39 is 0 Å². The van der Waals surface area contributed by atoms with Crippen LogP contribution in [0, 0.1) is 5.92 Å². The molecule has 0 bridgehead atoms. The van der Waals surface area contributed by atoms with Crippen molar-refractivity contribution in [1.29, 1.82) is 0 Å². The van der Waals surface area contributed by atoms with Crippen LogP contribution in [0.4, 0.5) is 10.5 Å². The Morgan fingerprint density at radius 3 is 2.58 bits per heavy atom. The van der Waals surface area contributed by atoms with Gasteiger partial charge in [0, 0.05) is 23.8 Å². The number of carbonyl (C=O) groups is 2. The van der Waals surface area contributed by atoms with Crippen LogP contribution in [0.1, 0.15) is 44.0 Å². The average molecular weight is 353 g/mol. The van der Waals surface area contributed by atoms with E-state index in [-0.39, 0.29) is 23.5 Å². The van der Waals surface area contributed by atoms with E-state index in [0.29, 0.717) is 28.7 Å². The van der Waals surface area contributed by atoms with Crippen LogP contribution < -0.4 is 21.7 Å². The van der Waals surface area contributed by atoms with E-state index in [0.717, 1.165) is 12.8 Å². The number of carbonyl (C=O) groups excluding carboxylic acids is 2. The van der Waals surface area contributed by atoms with Gasteiger partial charge in [0.15, 0.2) is 0 Å². The molecule has 1 fully saturated rings. The molecule has 0 spiro atoms. The molecular weight excluding hydrogens is 328 g/mol. The fourth-order valence-electron chi connectivity index (χ4n) is 2.28. The van der Waals surface area contributed by atoms with Crippen molar-refractivity contribution in [2.45, 2.75) is 45.2 Å². The highest BCUT2D eigenvalue weighted by Gasteiger charge is 2.28. The van der Waals surface area contributed by atoms with Crippen molar-refractivity contribution < 1.29 is 9.59 Å². The van der Waals surface area contributed by atoms with Crippen molar-refractivity contribution in [3.8, 4) is 0 Å². The number of hydrogen-bond acceptors (Lipinski definition) is 3. The predicted molar refractivity (Wildman–Crippen MR) is 96.4 cm³/mol. The molecule has 1 aliphatic rings. The first-order valence-corrected chi connectivity index (χ1v) is 8.46. The number of anilines is 1. The highest BCUT2D eigenvalue weighted by atomic mass is 35.5. The summed E-state index contributed by atoms with van der Waals surface area (Å²) >= 11 is 6.10. The van der Waals surface area contributed by atoms with E-state index in [4.69, 9.17) is 17.3 Å². The molecule has 6 nitrogen and oxygen atoms in total.